The van der Waals surface area contributed by atoms with Crippen LogP contribution in [0, 0.1) is 5.92 Å². The summed E-state index contributed by atoms with van der Waals surface area (Å²) in [5.41, 5.74) is 2.68. The molecule has 0 spiro atoms. The first kappa shape index (κ1) is 15.5. The Morgan fingerprint density at radius 1 is 1.29 bits per heavy atom. The fourth-order valence-corrected chi connectivity index (χ4v) is 3.82. The summed E-state index contributed by atoms with van der Waals surface area (Å²) in [7, 11) is 5.93. The van der Waals surface area contributed by atoms with Crippen molar-refractivity contribution < 1.29 is 4.79 Å². The Kier molecular flexibility index (Phi) is 4.14. The summed E-state index contributed by atoms with van der Waals surface area (Å²) < 4.78 is 1.98. The number of hydrogen-bond donors (Lipinski definition) is 1. The largest absolute Gasteiger partial charge is 0.334 e. The molecule has 1 amide bonds. The lowest BCUT2D eigenvalue weighted by atomic mass is 9.91. The van der Waals surface area contributed by atoms with Crippen LogP contribution in [-0.4, -0.2) is 47.8 Å². The van der Waals surface area contributed by atoms with E-state index in [0.29, 0.717) is 17.9 Å². The number of nitrogens with zero attached hydrogens (tertiary/aromatic N) is 3. The first-order valence-corrected chi connectivity index (χ1v) is 8.58. The second-order valence-electron chi connectivity index (χ2n) is 6.78. The van der Waals surface area contributed by atoms with Crippen LogP contribution in [-0.2, 0) is 11.3 Å². The molecule has 1 atom stereocenters. The van der Waals surface area contributed by atoms with Crippen molar-refractivity contribution in [3.63, 3.8) is 0 Å². The van der Waals surface area contributed by atoms with Gasteiger partial charge in [0, 0.05) is 12.7 Å². The number of fused-ring (bicyclic) bond motifs is 1. The molecule has 2 aliphatic rings. The molecule has 1 fully saturated rings. The molecule has 2 aromatic rings. The van der Waals surface area contributed by atoms with Gasteiger partial charge in [-0.25, -0.2) is 4.98 Å². The summed E-state index contributed by atoms with van der Waals surface area (Å²) in [6.45, 7) is 3.55. The zero-order valence-electron chi connectivity index (χ0n) is 13.7. The standard InChI is InChI=1S/C18H21BN4O/c19-15-3-1-2-14(8-15)17-18(24)22(10-13-4-6-20-7-5-13)11-16-9-21-12-23(16)17/h1-3,8-9,12-13,17,20H,4-7,10-11H2. The van der Waals surface area contributed by atoms with Gasteiger partial charge in [0.05, 0.1) is 18.6 Å². The molecule has 2 radical (unpaired) electrons. The number of imidazole rings is 1. The van der Waals surface area contributed by atoms with Crippen molar-refractivity contribution in [3.05, 3.63) is 48.0 Å². The summed E-state index contributed by atoms with van der Waals surface area (Å²) in [4.78, 5) is 19.5. The molecule has 122 valence electrons. The molecule has 4 rings (SSSR count). The van der Waals surface area contributed by atoms with Crippen molar-refractivity contribution >= 4 is 19.2 Å². The minimum Gasteiger partial charge on any atom is -0.334 e. The third-order valence-corrected chi connectivity index (χ3v) is 5.09. The highest BCUT2D eigenvalue weighted by atomic mass is 16.2. The average molecular weight is 320 g/mol. The molecule has 1 N–H and O–H groups in total. The molecule has 3 heterocycles. The molecule has 1 aromatic heterocycles. The van der Waals surface area contributed by atoms with E-state index in [4.69, 9.17) is 7.85 Å². The number of nitrogens with one attached hydrogen (secondary N) is 1. The molecular weight excluding hydrogens is 299 g/mol. The zero-order valence-corrected chi connectivity index (χ0v) is 13.7. The Morgan fingerprint density at radius 3 is 2.92 bits per heavy atom. The van der Waals surface area contributed by atoms with Gasteiger partial charge in [0.15, 0.2) is 0 Å². The van der Waals surface area contributed by atoms with E-state index in [1.54, 1.807) is 6.33 Å². The number of amides is 1. The molecule has 1 unspecified atom stereocenters. The van der Waals surface area contributed by atoms with Crippen molar-refractivity contribution in [1.29, 1.82) is 0 Å². The van der Waals surface area contributed by atoms with Gasteiger partial charge in [-0.2, -0.15) is 0 Å². The molecule has 24 heavy (non-hydrogen) atoms. The molecule has 0 bridgehead atoms. The van der Waals surface area contributed by atoms with Crippen molar-refractivity contribution in [2.24, 2.45) is 5.92 Å². The van der Waals surface area contributed by atoms with Crippen LogP contribution in [0.15, 0.2) is 36.8 Å². The van der Waals surface area contributed by atoms with E-state index in [-0.39, 0.29) is 11.9 Å². The van der Waals surface area contributed by atoms with Gasteiger partial charge in [-0.15, -0.1) is 0 Å². The second kappa shape index (κ2) is 6.44. The summed E-state index contributed by atoms with van der Waals surface area (Å²) in [6, 6.07) is 7.25. The fourth-order valence-electron chi connectivity index (χ4n) is 3.82. The number of piperidine rings is 1. The quantitative estimate of drug-likeness (QED) is 0.843. The van der Waals surface area contributed by atoms with Crippen LogP contribution < -0.4 is 10.8 Å². The lowest BCUT2D eigenvalue weighted by molar-refractivity contribution is -0.136. The number of aromatic nitrogens is 2. The molecule has 2 aliphatic heterocycles. The topological polar surface area (TPSA) is 50.2 Å². The lowest BCUT2D eigenvalue weighted by Gasteiger charge is -2.37. The number of carbonyl (C=O) groups excluding carboxylic acids is 1. The van der Waals surface area contributed by atoms with Crippen molar-refractivity contribution in [1.82, 2.24) is 19.8 Å². The van der Waals surface area contributed by atoms with Gasteiger partial charge in [0.2, 0.25) is 0 Å². The molecule has 6 heteroatoms. The maximum Gasteiger partial charge on any atom is 0.250 e. The number of rotatable bonds is 3. The van der Waals surface area contributed by atoms with Crippen molar-refractivity contribution in [2.75, 3.05) is 19.6 Å². The van der Waals surface area contributed by atoms with E-state index in [2.05, 4.69) is 10.3 Å². The van der Waals surface area contributed by atoms with E-state index < -0.39 is 0 Å². The van der Waals surface area contributed by atoms with Crippen LogP contribution >= 0.6 is 0 Å². The normalized spacial score (nSPS) is 21.8. The van der Waals surface area contributed by atoms with Gasteiger partial charge >= 0.3 is 0 Å². The fraction of sp³-hybridized carbons (Fsp3) is 0.444. The Labute approximate surface area is 143 Å². The van der Waals surface area contributed by atoms with Gasteiger partial charge in [-0.1, -0.05) is 29.7 Å². The monoisotopic (exact) mass is 320 g/mol. The van der Waals surface area contributed by atoms with E-state index in [0.717, 1.165) is 43.7 Å². The first-order chi connectivity index (χ1) is 11.7. The van der Waals surface area contributed by atoms with Gasteiger partial charge in [-0.05, 0) is 37.4 Å². The minimum atomic E-state index is -0.360. The predicted octanol–water partition coefficient (Wildman–Crippen LogP) is 0.608. The highest BCUT2D eigenvalue weighted by Gasteiger charge is 2.35. The Balaban J connectivity index is 1.64. The third kappa shape index (κ3) is 2.86. The van der Waals surface area contributed by atoms with E-state index in [1.807, 2.05) is 39.9 Å². The van der Waals surface area contributed by atoms with Crippen LogP contribution in [0.25, 0.3) is 0 Å². The van der Waals surface area contributed by atoms with Crippen LogP contribution in [0.3, 0.4) is 0 Å². The number of hydrogen-bond acceptors (Lipinski definition) is 3. The molecule has 1 saturated heterocycles. The highest BCUT2D eigenvalue weighted by molar-refractivity contribution is 6.32. The molecule has 5 nitrogen and oxygen atoms in total. The Bertz CT molecular complexity index is 738. The highest BCUT2D eigenvalue weighted by Crippen LogP contribution is 2.29. The summed E-state index contributed by atoms with van der Waals surface area (Å²) in [6.07, 6.45) is 5.88. The SMILES string of the molecule is [B]c1cccc(C2C(=O)N(CC3CCNCC3)Cc3cncn32)c1. The van der Waals surface area contributed by atoms with E-state index in [9.17, 15) is 4.79 Å². The van der Waals surface area contributed by atoms with Crippen LogP contribution in [0.1, 0.15) is 30.1 Å². The van der Waals surface area contributed by atoms with Crippen molar-refractivity contribution in [3.8, 4) is 0 Å². The summed E-state index contributed by atoms with van der Waals surface area (Å²) in [5, 5.41) is 3.38. The van der Waals surface area contributed by atoms with Gasteiger partial charge in [0.1, 0.15) is 13.9 Å². The molecule has 1 aromatic carbocycles. The van der Waals surface area contributed by atoms with Crippen LogP contribution in [0.2, 0.25) is 0 Å². The van der Waals surface area contributed by atoms with Crippen LogP contribution in [0.4, 0.5) is 0 Å². The molecule has 0 aliphatic carbocycles. The lowest BCUT2D eigenvalue weighted by Crippen LogP contribution is -2.46. The maximum atomic E-state index is 13.2. The summed E-state index contributed by atoms with van der Waals surface area (Å²) >= 11 is 0. The van der Waals surface area contributed by atoms with Gasteiger partial charge < -0.3 is 14.8 Å². The van der Waals surface area contributed by atoms with Crippen LogP contribution in [0.5, 0.6) is 0 Å². The van der Waals surface area contributed by atoms with E-state index >= 15 is 0 Å². The van der Waals surface area contributed by atoms with Gasteiger partial charge in [-0.3, -0.25) is 4.79 Å². The second-order valence-corrected chi connectivity index (χ2v) is 6.78. The Hall–Kier alpha value is -2.08. The minimum absolute atomic E-state index is 0.143. The summed E-state index contributed by atoms with van der Waals surface area (Å²) in [5.74, 6) is 0.718. The van der Waals surface area contributed by atoms with E-state index in [1.165, 1.54) is 0 Å². The van der Waals surface area contributed by atoms with Crippen molar-refractivity contribution in [2.45, 2.75) is 25.4 Å². The average Bonchev–Trinajstić information content (AvgIpc) is 3.04. The third-order valence-electron chi connectivity index (χ3n) is 5.09. The Morgan fingerprint density at radius 2 is 2.12 bits per heavy atom. The predicted molar refractivity (Wildman–Crippen MR) is 93.2 cm³/mol. The number of benzene rings is 1. The first-order valence-electron chi connectivity index (χ1n) is 8.58. The smallest absolute Gasteiger partial charge is 0.250 e. The van der Waals surface area contributed by atoms with Gasteiger partial charge in [0.25, 0.3) is 5.91 Å². The zero-order chi connectivity index (χ0) is 16.5. The maximum absolute atomic E-state index is 13.2. The molecule has 0 saturated carbocycles. The number of carbonyl (C=O) groups is 1. The molecular formula is C18H21BN4O.